The summed E-state index contributed by atoms with van der Waals surface area (Å²) < 4.78 is 5.66. The van der Waals surface area contributed by atoms with Gasteiger partial charge < -0.3 is 15.1 Å². The number of nitrogens with zero attached hydrogens (tertiary/aromatic N) is 3. The first kappa shape index (κ1) is 12.9. The van der Waals surface area contributed by atoms with Crippen molar-refractivity contribution in [2.45, 2.75) is 12.8 Å². The van der Waals surface area contributed by atoms with E-state index in [2.05, 4.69) is 4.98 Å². The van der Waals surface area contributed by atoms with Gasteiger partial charge in [0.1, 0.15) is 0 Å². The van der Waals surface area contributed by atoms with Crippen LogP contribution in [0.15, 0.2) is 22.6 Å². The molecule has 3 rings (SSSR count). The van der Waals surface area contributed by atoms with Gasteiger partial charge >= 0.3 is 0 Å². The minimum atomic E-state index is -0.437. The van der Waals surface area contributed by atoms with E-state index in [0.717, 1.165) is 25.9 Å². The highest BCUT2D eigenvalue weighted by atomic mass is 16.6. The zero-order chi connectivity index (χ0) is 14.1. The van der Waals surface area contributed by atoms with E-state index in [9.17, 15) is 10.1 Å². The number of fused-ring (bicyclic) bond motifs is 1. The van der Waals surface area contributed by atoms with Gasteiger partial charge in [0.15, 0.2) is 11.1 Å². The first-order valence-corrected chi connectivity index (χ1v) is 6.68. The van der Waals surface area contributed by atoms with Crippen molar-refractivity contribution in [3.05, 3.63) is 28.3 Å². The molecule has 0 radical (unpaired) electrons. The largest absolute Gasteiger partial charge is 0.423 e. The van der Waals surface area contributed by atoms with E-state index in [-0.39, 0.29) is 5.69 Å². The van der Waals surface area contributed by atoms with Crippen LogP contribution in [0.4, 0.5) is 11.7 Å². The molecule has 1 fully saturated rings. The topological polar surface area (TPSA) is 98.4 Å². The van der Waals surface area contributed by atoms with E-state index in [1.807, 2.05) is 4.90 Å². The zero-order valence-corrected chi connectivity index (χ0v) is 11.0. The lowest BCUT2D eigenvalue weighted by atomic mass is 9.99. The number of benzene rings is 1. The second-order valence-electron chi connectivity index (χ2n) is 5.07. The molecule has 2 N–H and O–H groups in total. The molecule has 0 aliphatic carbocycles. The number of hydrogen-bond donors (Lipinski definition) is 1. The molecule has 106 valence electrons. The molecule has 1 aliphatic rings. The summed E-state index contributed by atoms with van der Waals surface area (Å²) in [5, 5.41) is 11.0. The molecule has 1 aliphatic heterocycles. The summed E-state index contributed by atoms with van der Waals surface area (Å²) >= 11 is 0. The Bertz CT molecular complexity index is 640. The van der Waals surface area contributed by atoms with Gasteiger partial charge in [-0.2, -0.15) is 4.98 Å². The Balaban J connectivity index is 1.96. The van der Waals surface area contributed by atoms with Gasteiger partial charge in [-0.15, -0.1) is 0 Å². The van der Waals surface area contributed by atoms with E-state index in [4.69, 9.17) is 10.2 Å². The normalized spacial score (nSPS) is 19.4. The standard InChI is InChI=1S/C13H16N4O3/c14-7-9-3-2-6-16(8-9)13-15-12-10(17(18)19)4-1-5-11(12)20-13/h1,4-5,9H,2-3,6-8,14H2. The number of nitro benzene ring substituents is 1. The molecule has 1 unspecified atom stereocenters. The number of oxazole rings is 1. The minimum Gasteiger partial charge on any atom is -0.423 e. The van der Waals surface area contributed by atoms with Crippen molar-refractivity contribution >= 4 is 22.8 Å². The number of nitro groups is 1. The average Bonchev–Trinajstić information content (AvgIpc) is 2.91. The Morgan fingerprint density at radius 2 is 2.40 bits per heavy atom. The minimum absolute atomic E-state index is 0.0233. The third-order valence-corrected chi connectivity index (χ3v) is 3.71. The van der Waals surface area contributed by atoms with E-state index in [1.165, 1.54) is 6.07 Å². The van der Waals surface area contributed by atoms with Crippen LogP contribution in [0.5, 0.6) is 0 Å². The molecule has 0 bridgehead atoms. The molecule has 1 aromatic heterocycles. The van der Waals surface area contributed by atoms with E-state index < -0.39 is 4.92 Å². The summed E-state index contributed by atoms with van der Waals surface area (Å²) in [7, 11) is 0. The molecule has 20 heavy (non-hydrogen) atoms. The zero-order valence-electron chi connectivity index (χ0n) is 11.0. The molecule has 0 amide bonds. The maximum atomic E-state index is 11.0. The maximum absolute atomic E-state index is 11.0. The molecule has 0 spiro atoms. The van der Waals surface area contributed by atoms with Crippen LogP contribution in [0.2, 0.25) is 0 Å². The first-order valence-electron chi connectivity index (χ1n) is 6.68. The molecule has 1 saturated heterocycles. The fraction of sp³-hybridized carbons (Fsp3) is 0.462. The van der Waals surface area contributed by atoms with Crippen LogP contribution < -0.4 is 10.6 Å². The Labute approximate surface area is 115 Å². The third-order valence-electron chi connectivity index (χ3n) is 3.71. The molecule has 2 aromatic rings. The van der Waals surface area contributed by atoms with Gasteiger partial charge in [-0.25, -0.2) is 0 Å². The predicted molar refractivity (Wildman–Crippen MR) is 74.7 cm³/mol. The summed E-state index contributed by atoms with van der Waals surface area (Å²) in [5.41, 5.74) is 6.45. The SMILES string of the molecule is NCC1CCCN(c2nc3c([N+](=O)[O-])cccc3o2)C1. The lowest BCUT2D eigenvalue weighted by molar-refractivity contribution is -0.383. The number of rotatable bonds is 3. The van der Waals surface area contributed by atoms with Crippen molar-refractivity contribution in [2.75, 3.05) is 24.5 Å². The van der Waals surface area contributed by atoms with Gasteiger partial charge in [-0.1, -0.05) is 6.07 Å². The summed E-state index contributed by atoms with van der Waals surface area (Å²) in [6.45, 7) is 2.27. The highest BCUT2D eigenvalue weighted by Crippen LogP contribution is 2.30. The van der Waals surface area contributed by atoms with Crippen molar-refractivity contribution in [1.29, 1.82) is 0 Å². The fourth-order valence-electron chi connectivity index (χ4n) is 2.64. The Kier molecular flexibility index (Phi) is 3.27. The molecule has 1 atom stereocenters. The van der Waals surface area contributed by atoms with Crippen molar-refractivity contribution in [3.63, 3.8) is 0 Å². The fourth-order valence-corrected chi connectivity index (χ4v) is 2.64. The maximum Gasteiger partial charge on any atom is 0.298 e. The van der Waals surface area contributed by atoms with Gasteiger partial charge in [0.2, 0.25) is 0 Å². The first-order chi connectivity index (χ1) is 9.69. The monoisotopic (exact) mass is 276 g/mol. The number of hydrogen-bond acceptors (Lipinski definition) is 6. The second kappa shape index (κ2) is 5.09. The second-order valence-corrected chi connectivity index (χ2v) is 5.07. The number of para-hydroxylation sites is 1. The number of non-ortho nitro benzene ring substituents is 1. The number of aromatic nitrogens is 1. The number of nitrogens with two attached hydrogens (primary N) is 1. The van der Waals surface area contributed by atoms with Crippen molar-refractivity contribution in [3.8, 4) is 0 Å². The van der Waals surface area contributed by atoms with Crippen LogP contribution in [-0.2, 0) is 0 Å². The van der Waals surface area contributed by atoms with Crippen LogP contribution in [0.25, 0.3) is 11.1 Å². The quantitative estimate of drug-likeness (QED) is 0.679. The molecule has 1 aromatic carbocycles. The van der Waals surface area contributed by atoms with Crippen molar-refractivity contribution < 1.29 is 9.34 Å². The van der Waals surface area contributed by atoms with Gasteiger partial charge in [-0.05, 0) is 31.4 Å². The van der Waals surface area contributed by atoms with Crippen LogP contribution in [0, 0.1) is 16.0 Å². The van der Waals surface area contributed by atoms with Crippen LogP contribution in [0.1, 0.15) is 12.8 Å². The third kappa shape index (κ3) is 2.20. The molecule has 2 heterocycles. The predicted octanol–water partition coefficient (Wildman–Crippen LogP) is 1.91. The van der Waals surface area contributed by atoms with Crippen LogP contribution in [0.3, 0.4) is 0 Å². The molecule has 7 heteroatoms. The molecular weight excluding hydrogens is 260 g/mol. The van der Waals surface area contributed by atoms with Crippen LogP contribution >= 0.6 is 0 Å². The summed E-state index contributed by atoms with van der Waals surface area (Å²) in [5.74, 6) is 0.425. The van der Waals surface area contributed by atoms with Crippen molar-refractivity contribution in [1.82, 2.24) is 4.98 Å². The highest BCUT2D eigenvalue weighted by molar-refractivity contribution is 5.84. The lowest BCUT2D eigenvalue weighted by Gasteiger charge is -2.30. The van der Waals surface area contributed by atoms with Gasteiger partial charge in [-0.3, -0.25) is 10.1 Å². The smallest absolute Gasteiger partial charge is 0.298 e. The van der Waals surface area contributed by atoms with Crippen molar-refractivity contribution in [2.24, 2.45) is 11.7 Å². The molecule has 7 nitrogen and oxygen atoms in total. The number of anilines is 1. The highest BCUT2D eigenvalue weighted by Gasteiger charge is 2.24. The average molecular weight is 276 g/mol. The Morgan fingerprint density at radius 1 is 1.55 bits per heavy atom. The lowest BCUT2D eigenvalue weighted by Crippen LogP contribution is -2.38. The van der Waals surface area contributed by atoms with Gasteiger partial charge in [0.25, 0.3) is 11.7 Å². The molecule has 0 saturated carbocycles. The number of piperidine rings is 1. The summed E-state index contributed by atoms with van der Waals surface area (Å²) in [6.07, 6.45) is 2.13. The summed E-state index contributed by atoms with van der Waals surface area (Å²) in [4.78, 5) is 16.9. The van der Waals surface area contributed by atoms with E-state index in [0.29, 0.717) is 29.6 Å². The Hall–Kier alpha value is -2.15. The van der Waals surface area contributed by atoms with Gasteiger partial charge in [0.05, 0.1) is 4.92 Å². The van der Waals surface area contributed by atoms with E-state index in [1.54, 1.807) is 12.1 Å². The summed E-state index contributed by atoms with van der Waals surface area (Å²) in [6, 6.07) is 5.19. The Morgan fingerprint density at radius 3 is 3.15 bits per heavy atom. The van der Waals surface area contributed by atoms with E-state index >= 15 is 0 Å². The van der Waals surface area contributed by atoms with Crippen LogP contribution in [-0.4, -0.2) is 29.5 Å². The molecular formula is C13H16N4O3. The van der Waals surface area contributed by atoms with Gasteiger partial charge in [0, 0.05) is 19.2 Å².